The zero-order chi connectivity index (χ0) is 12.0. The molecule has 4 heteroatoms. The average Bonchev–Trinajstić information content (AvgIpc) is 2.64. The van der Waals surface area contributed by atoms with Gasteiger partial charge < -0.3 is 4.74 Å². The molecule has 16 heavy (non-hydrogen) atoms. The molecular weight excluding hydrogens is 206 g/mol. The van der Waals surface area contributed by atoms with Gasteiger partial charge in [-0.2, -0.15) is 0 Å². The van der Waals surface area contributed by atoms with E-state index in [1.54, 1.807) is 0 Å². The molecule has 1 rings (SSSR count). The summed E-state index contributed by atoms with van der Waals surface area (Å²) in [4.78, 5) is 22.8. The zero-order valence-corrected chi connectivity index (χ0v) is 10.1. The van der Waals surface area contributed by atoms with E-state index in [1.165, 1.54) is 19.3 Å². The smallest absolute Gasteiger partial charge is 0.416 e. The van der Waals surface area contributed by atoms with Crippen LogP contribution in [0.4, 0.5) is 4.79 Å². The average molecular weight is 227 g/mol. The van der Waals surface area contributed by atoms with Crippen LogP contribution in [0.2, 0.25) is 0 Å². The summed E-state index contributed by atoms with van der Waals surface area (Å²) in [7, 11) is 0. The molecule has 2 amide bonds. The summed E-state index contributed by atoms with van der Waals surface area (Å²) in [5.74, 6) is 0.601. The number of carbonyl (C=O) groups excluding carboxylic acids is 2. The SMILES string of the molecule is CCCCC(CC)CC1CN(C=O)C(=O)O1. The topological polar surface area (TPSA) is 46.6 Å². The molecule has 0 aromatic rings. The van der Waals surface area contributed by atoms with E-state index in [-0.39, 0.29) is 6.10 Å². The van der Waals surface area contributed by atoms with E-state index in [0.29, 0.717) is 18.9 Å². The molecular formula is C12H21NO3. The molecule has 1 heterocycles. The molecule has 0 aliphatic carbocycles. The Hall–Kier alpha value is -1.06. The number of hydrogen-bond donors (Lipinski definition) is 0. The largest absolute Gasteiger partial charge is 0.444 e. The molecule has 0 bridgehead atoms. The Morgan fingerprint density at radius 3 is 2.81 bits per heavy atom. The van der Waals surface area contributed by atoms with Gasteiger partial charge in [0.05, 0.1) is 6.54 Å². The van der Waals surface area contributed by atoms with Gasteiger partial charge in [0, 0.05) is 0 Å². The van der Waals surface area contributed by atoms with Crippen molar-refractivity contribution in [2.45, 2.75) is 52.1 Å². The molecule has 1 aliphatic heterocycles. The molecule has 4 nitrogen and oxygen atoms in total. The summed E-state index contributed by atoms with van der Waals surface area (Å²) >= 11 is 0. The molecule has 2 unspecified atom stereocenters. The second-order valence-corrected chi connectivity index (χ2v) is 4.42. The normalized spacial score (nSPS) is 22.0. The summed E-state index contributed by atoms with van der Waals surface area (Å²) in [6, 6.07) is 0. The third-order valence-corrected chi connectivity index (χ3v) is 3.17. The lowest BCUT2D eigenvalue weighted by Gasteiger charge is -2.17. The van der Waals surface area contributed by atoms with Crippen molar-refractivity contribution in [3.63, 3.8) is 0 Å². The minimum Gasteiger partial charge on any atom is -0.444 e. The van der Waals surface area contributed by atoms with Gasteiger partial charge in [0.1, 0.15) is 6.10 Å². The van der Waals surface area contributed by atoms with Crippen molar-refractivity contribution >= 4 is 12.5 Å². The molecule has 0 spiro atoms. The predicted octanol–water partition coefficient (Wildman–Crippen LogP) is 2.57. The summed E-state index contributed by atoms with van der Waals surface area (Å²) < 4.78 is 5.13. The molecule has 92 valence electrons. The van der Waals surface area contributed by atoms with Crippen molar-refractivity contribution in [3.05, 3.63) is 0 Å². The first-order valence-electron chi connectivity index (χ1n) is 6.13. The maximum atomic E-state index is 11.2. The first kappa shape index (κ1) is 13.0. The third kappa shape index (κ3) is 3.51. The van der Waals surface area contributed by atoms with Gasteiger partial charge in [-0.3, -0.25) is 4.79 Å². The second kappa shape index (κ2) is 6.51. The first-order valence-corrected chi connectivity index (χ1v) is 6.13. The number of imide groups is 1. The van der Waals surface area contributed by atoms with Gasteiger partial charge in [-0.25, -0.2) is 9.69 Å². The van der Waals surface area contributed by atoms with Crippen LogP contribution in [-0.2, 0) is 9.53 Å². The number of ether oxygens (including phenoxy) is 1. The second-order valence-electron chi connectivity index (χ2n) is 4.42. The standard InChI is InChI=1S/C12H21NO3/c1-3-5-6-10(4-2)7-11-8-13(9-14)12(15)16-11/h9-11H,3-8H2,1-2H3. The minimum atomic E-state index is -0.495. The van der Waals surface area contributed by atoms with Crippen molar-refractivity contribution in [1.82, 2.24) is 4.90 Å². The summed E-state index contributed by atoms with van der Waals surface area (Å²) in [6.07, 6.45) is 5.54. The number of unbranched alkanes of at least 4 members (excludes halogenated alkanes) is 1. The van der Waals surface area contributed by atoms with Crippen molar-refractivity contribution in [2.75, 3.05) is 6.54 Å². The highest BCUT2D eigenvalue weighted by Crippen LogP contribution is 2.23. The number of rotatable bonds is 7. The van der Waals surface area contributed by atoms with Crippen LogP contribution in [0.25, 0.3) is 0 Å². The van der Waals surface area contributed by atoms with Crippen LogP contribution in [0.1, 0.15) is 46.0 Å². The Bertz CT molecular complexity index is 242. The summed E-state index contributed by atoms with van der Waals surface area (Å²) in [6.45, 7) is 4.76. The van der Waals surface area contributed by atoms with Gasteiger partial charge in [0.2, 0.25) is 6.41 Å². The van der Waals surface area contributed by atoms with E-state index in [0.717, 1.165) is 17.7 Å². The van der Waals surface area contributed by atoms with Crippen LogP contribution < -0.4 is 0 Å². The zero-order valence-electron chi connectivity index (χ0n) is 10.1. The Balaban J connectivity index is 2.36. The predicted molar refractivity (Wildman–Crippen MR) is 61.0 cm³/mol. The Kier molecular flexibility index (Phi) is 5.29. The lowest BCUT2D eigenvalue weighted by Crippen LogP contribution is -2.23. The fourth-order valence-corrected chi connectivity index (χ4v) is 2.10. The van der Waals surface area contributed by atoms with Gasteiger partial charge in [-0.15, -0.1) is 0 Å². The van der Waals surface area contributed by atoms with E-state index >= 15 is 0 Å². The number of nitrogens with zero attached hydrogens (tertiary/aromatic N) is 1. The lowest BCUT2D eigenvalue weighted by atomic mass is 9.93. The minimum absolute atomic E-state index is 0.0977. The molecule has 0 aromatic heterocycles. The molecule has 0 radical (unpaired) electrons. The van der Waals surface area contributed by atoms with Crippen molar-refractivity contribution in [2.24, 2.45) is 5.92 Å². The molecule has 0 saturated carbocycles. The van der Waals surface area contributed by atoms with Gasteiger partial charge >= 0.3 is 6.09 Å². The van der Waals surface area contributed by atoms with Crippen LogP contribution in [0.5, 0.6) is 0 Å². The lowest BCUT2D eigenvalue weighted by molar-refractivity contribution is -0.115. The Labute approximate surface area is 96.9 Å². The van der Waals surface area contributed by atoms with Crippen LogP contribution in [0.3, 0.4) is 0 Å². The van der Waals surface area contributed by atoms with Crippen molar-refractivity contribution in [3.8, 4) is 0 Å². The Morgan fingerprint density at radius 1 is 1.56 bits per heavy atom. The number of cyclic esters (lactones) is 1. The van der Waals surface area contributed by atoms with E-state index in [4.69, 9.17) is 4.74 Å². The molecule has 1 aliphatic rings. The van der Waals surface area contributed by atoms with E-state index < -0.39 is 6.09 Å². The monoisotopic (exact) mass is 227 g/mol. The van der Waals surface area contributed by atoms with Crippen LogP contribution in [0.15, 0.2) is 0 Å². The molecule has 2 atom stereocenters. The van der Waals surface area contributed by atoms with Crippen LogP contribution in [-0.4, -0.2) is 30.1 Å². The highest BCUT2D eigenvalue weighted by Gasteiger charge is 2.32. The fourth-order valence-electron chi connectivity index (χ4n) is 2.10. The summed E-state index contributed by atoms with van der Waals surface area (Å²) in [5, 5.41) is 0. The number of amides is 2. The molecule has 1 saturated heterocycles. The van der Waals surface area contributed by atoms with Crippen molar-refractivity contribution < 1.29 is 14.3 Å². The van der Waals surface area contributed by atoms with Crippen LogP contribution >= 0.6 is 0 Å². The Morgan fingerprint density at radius 2 is 2.31 bits per heavy atom. The van der Waals surface area contributed by atoms with Gasteiger partial charge in [-0.1, -0.05) is 39.5 Å². The van der Waals surface area contributed by atoms with E-state index in [2.05, 4.69) is 13.8 Å². The molecule has 1 fully saturated rings. The highest BCUT2D eigenvalue weighted by molar-refractivity contribution is 5.82. The first-order chi connectivity index (χ1) is 7.71. The molecule has 0 aromatic carbocycles. The third-order valence-electron chi connectivity index (χ3n) is 3.17. The van der Waals surface area contributed by atoms with E-state index in [9.17, 15) is 9.59 Å². The summed E-state index contributed by atoms with van der Waals surface area (Å²) in [5.41, 5.74) is 0. The van der Waals surface area contributed by atoms with E-state index in [1.807, 2.05) is 0 Å². The number of carbonyl (C=O) groups is 2. The maximum Gasteiger partial charge on any atom is 0.416 e. The molecule has 0 N–H and O–H groups in total. The van der Waals surface area contributed by atoms with Gasteiger partial charge in [-0.05, 0) is 12.3 Å². The maximum absolute atomic E-state index is 11.2. The van der Waals surface area contributed by atoms with Crippen molar-refractivity contribution in [1.29, 1.82) is 0 Å². The van der Waals surface area contributed by atoms with Gasteiger partial charge in [0.15, 0.2) is 0 Å². The quantitative estimate of drug-likeness (QED) is 0.628. The highest BCUT2D eigenvalue weighted by atomic mass is 16.6. The van der Waals surface area contributed by atoms with Gasteiger partial charge in [0.25, 0.3) is 0 Å². The fraction of sp³-hybridized carbons (Fsp3) is 0.833. The van der Waals surface area contributed by atoms with Crippen LogP contribution in [0, 0.1) is 5.92 Å². The number of hydrogen-bond acceptors (Lipinski definition) is 3.